The molecule has 0 atom stereocenters. The topological polar surface area (TPSA) is 59.8 Å². The molecule has 4 heteroatoms. The summed E-state index contributed by atoms with van der Waals surface area (Å²) in [5.74, 6) is 6.56. The first-order chi connectivity index (χ1) is 17.7. The molecule has 0 amide bonds. The van der Waals surface area contributed by atoms with Crippen LogP contribution in [0.15, 0.2) is 122 Å². The lowest BCUT2D eigenvalue weighted by molar-refractivity contribution is -0.567. The van der Waals surface area contributed by atoms with Gasteiger partial charge in [0.25, 0.3) is 0 Å². The number of nitrogens with zero attached hydrogens (tertiary/aromatic N) is 2. The van der Waals surface area contributed by atoms with Gasteiger partial charge in [-0.05, 0) is 36.4 Å². The summed E-state index contributed by atoms with van der Waals surface area (Å²) in [4.78, 5) is 0. The maximum atomic E-state index is 6.16. The van der Waals surface area contributed by atoms with Crippen LogP contribution in [0.2, 0.25) is 0 Å². The van der Waals surface area contributed by atoms with E-state index < -0.39 is 0 Å². The highest BCUT2D eigenvalue weighted by atomic mass is 15.0. The van der Waals surface area contributed by atoms with E-state index in [1.165, 1.54) is 0 Å². The van der Waals surface area contributed by atoms with E-state index in [4.69, 9.17) is 11.5 Å². The van der Waals surface area contributed by atoms with Crippen molar-refractivity contribution in [3.05, 3.63) is 133 Å². The Kier molecular flexibility index (Phi) is 5.29. The van der Waals surface area contributed by atoms with Crippen molar-refractivity contribution in [2.24, 2.45) is 0 Å². The lowest BCUT2D eigenvalue weighted by atomic mass is 10.1. The molecule has 0 radical (unpaired) electrons. The molecule has 2 heterocycles. The van der Waals surface area contributed by atoms with Crippen LogP contribution in [0.3, 0.4) is 0 Å². The van der Waals surface area contributed by atoms with Crippen molar-refractivity contribution in [3.63, 3.8) is 0 Å². The molecular weight excluding hydrogens is 440 g/mol. The third kappa shape index (κ3) is 3.89. The van der Waals surface area contributed by atoms with Gasteiger partial charge in [-0.3, -0.25) is 0 Å². The normalized spacial score (nSPS) is 10.8. The van der Waals surface area contributed by atoms with Crippen molar-refractivity contribution in [3.8, 4) is 23.2 Å². The number of nitrogens with two attached hydrogens (primary N) is 2. The zero-order chi connectivity index (χ0) is 24.5. The van der Waals surface area contributed by atoms with Gasteiger partial charge in [-0.15, -0.1) is 0 Å². The molecule has 0 unspecified atom stereocenters. The summed E-state index contributed by atoms with van der Waals surface area (Å²) >= 11 is 0. The monoisotopic (exact) mass is 464 g/mol. The first-order valence-electron chi connectivity index (χ1n) is 11.8. The number of pyridine rings is 2. The largest absolute Gasteiger partial charge is 0.398 e. The second-order valence-corrected chi connectivity index (χ2v) is 8.66. The van der Waals surface area contributed by atoms with E-state index in [1.54, 1.807) is 0 Å². The van der Waals surface area contributed by atoms with Crippen molar-refractivity contribution in [2.75, 3.05) is 11.5 Å². The maximum absolute atomic E-state index is 6.16. The molecule has 0 bridgehead atoms. The fourth-order valence-electron chi connectivity index (χ4n) is 4.51. The van der Waals surface area contributed by atoms with Crippen molar-refractivity contribution in [2.45, 2.75) is 0 Å². The maximum Gasteiger partial charge on any atom is 0.220 e. The first kappa shape index (κ1) is 21.4. The molecule has 0 aliphatic rings. The molecule has 4 nitrogen and oxygen atoms in total. The highest BCUT2D eigenvalue weighted by Gasteiger charge is 2.14. The Morgan fingerprint density at radius 2 is 0.833 bits per heavy atom. The van der Waals surface area contributed by atoms with Crippen LogP contribution in [0.25, 0.3) is 33.2 Å². The summed E-state index contributed by atoms with van der Waals surface area (Å²) in [7, 11) is 0. The summed E-state index contributed by atoms with van der Waals surface area (Å²) in [5.41, 5.74) is 20.1. The molecule has 170 valence electrons. The average molecular weight is 465 g/mol. The van der Waals surface area contributed by atoms with Gasteiger partial charge in [-0.25, -0.2) is 0 Å². The molecule has 6 rings (SSSR count). The van der Waals surface area contributed by atoms with Crippen molar-refractivity contribution in [1.82, 2.24) is 0 Å². The number of nitrogen functional groups attached to an aromatic ring is 2. The number of fused-ring (bicyclic) bond motifs is 2. The highest BCUT2D eigenvalue weighted by Crippen LogP contribution is 2.19. The predicted octanol–water partition coefficient (Wildman–Crippen LogP) is 5.11. The smallest absolute Gasteiger partial charge is 0.220 e. The second kappa shape index (κ2) is 8.90. The number of hydrogen-bond donors (Lipinski definition) is 2. The molecular formula is C32H24N4+2. The zero-order valence-corrected chi connectivity index (χ0v) is 19.6. The Bertz CT molecular complexity index is 1660. The van der Waals surface area contributed by atoms with E-state index in [0.29, 0.717) is 0 Å². The van der Waals surface area contributed by atoms with Crippen LogP contribution >= 0.6 is 0 Å². The molecule has 4 N–H and O–H groups in total. The van der Waals surface area contributed by atoms with Crippen molar-refractivity contribution in [1.29, 1.82) is 0 Å². The van der Waals surface area contributed by atoms with Gasteiger partial charge in [-0.2, -0.15) is 9.13 Å². The molecule has 0 saturated carbocycles. The Morgan fingerprint density at radius 1 is 0.444 bits per heavy atom. The number of rotatable bonds is 2. The number of aromatic nitrogens is 2. The summed E-state index contributed by atoms with van der Waals surface area (Å²) in [5, 5.41) is 2.08. The molecule has 6 aromatic rings. The summed E-state index contributed by atoms with van der Waals surface area (Å²) in [6, 6.07) is 36.7. The molecule has 4 aromatic carbocycles. The second-order valence-electron chi connectivity index (χ2n) is 8.66. The highest BCUT2D eigenvalue weighted by molar-refractivity contribution is 5.88. The van der Waals surface area contributed by atoms with Crippen LogP contribution in [0.4, 0.5) is 11.4 Å². The minimum Gasteiger partial charge on any atom is -0.398 e. The Balaban J connectivity index is 1.26. The lowest BCUT2D eigenvalue weighted by Gasteiger charge is -2.03. The van der Waals surface area contributed by atoms with Gasteiger partial charge < -0.3 is 11.5 Å². The van der Waals surface area contributed by atoms with E-state index in [1.807, 2.05) is 85.2 Å². The van der Waals surface area contributed by atoms with Gasteiger partial charge in [0.05, 0.1) is 22.1 Å². The van der Waals surface area contributed by atoms with Crippen LogP contribution in [0.1, 0.15) is 11.1 Å². The minimum absolute atomic E-state index is 0.776. The Labute approximate surface area is 209 Å². The quantitative estimate of drug-likeness (QED) is 0.276. The van der Waals surface area contributed by atoms with Gasteiger partial charge in [-0.1, -0.05) is 36.1 Å². The van der Waals surface area contributed by atoms with E-state index in [9.17, 15) is 0 Å². The zero-order valence-electron chi connectivity index (χ0n) is 19.6. The Morgan fingerprint density at radius 3 is 1.25 bits per heavy atom. The van der Waals surface area contributed by atoms with Crippen molar-refractivity contribution < 1.29 is 9.13 Å². The fraction of sp³-hybridized carbons (Fsp3) is 0. The van der Waals surface area contributed by atoms with Gasteiger partial charge in [0.2, 0.25) is 22.4 Å². The average Bonchev–Trinajstić information content (AvgIpc) is 2.93. The van der Waals surface area contributed by atoms with Crippen LogP contribution in [0.5, 0.6) is 0 Å². The van der Waals surface area contributed by atoms with Crippen molar-refractivity contribution >= 4 is 33.2 Å². The summed E-state index contributed by atoms with van der Waals surface area (Å²) < 4.78 is 4.28. The third-order valence-corrected chi connectivity index (χ3v) is 6.40. The minimum atomic E-state index is 0.776. The standard InChI is InChI=1S/C32H22N4/c33-29-19-21-35(31-7-3-1-5-27(29)31)25-15-11-23(12-16-25)9-10-24-13-17-26(18-14-24)36-22-20-30(34)28-6-2-4-8-32(28)36/h1-8,11-22,33-34H/p+2. The molecule has 36 heavy (non-hydrogen) atoms. The van der Waals surface area contributed by atoms with Crippen LogP contribution < -0.4 is 20.6 Å². The lowest BCUT2D eigenvalue weighted by Crippen LogP contribution is -2.31. The molecule has 0 aliphatic carbocycles. The van der Waals surface area contributed by atoms with E-state index in [-0.39, 0.29) is 0 Å². The molecule has 0 spiro atoms. The van der Waals surface area contributed by atoms with Gasteiger partial charge in [0.15, 0.2) is 12.4 Å². The van der Waals surface area contributed by atoms with E-state index in [2.05, 4.69) is 57.4 Å². The van der Waals surface area contributed by atoms with E-state index >= 15 is 0 Å². The predicted molar refractivity (Wildman–Crippen MR) is 146 cm³/mol. The van der Waals surface area contributed by atoms with Gasteiger partial charge in [0.1, 0.15) is 0 Å². The SMILES string of the molecule is Nc1cc[n+](-c2ccc(C#Cc3ccc(-[n+]4ccc(N)c5ccccc54)cc3)cc2)c2ccccc12. The molecule has 0 saturated heterocycles. The van der Waals surface area contributed by atoms with Crippen LogP contribution in [0, 0.1) is 11.8 Å². The summed E-state index contributed by atoms with van der Waals surface area (Å²) in [6.07, 6.45) is 4.00. The Hall–Kier alpha value is -5.14. The van der Waals surface area contributed by atoms with Gasteiger partial charge >= 0.3 is 0 Å². The van der Waals surface area contributed by atoms with E-state index in [0.717, 1.165) is 55.7 Å². The number of benzene rings is 4. The van der Waals surface area contributed by atoms with Gasteiger partial charge in [0, 0.05) is 59.7 Å². The number of para-hydroxylation sites is 2. The number of anilines is 2. The summed E-state index contributed by atoms with van der Waals surface area (Å²) in [6.45, 7) is 0. The van der Waals surface area contributed by atoms with Crippen LogP contribution in [-0.2, 0) is 0 Å². The fourth-order valence-corrected chi connectivity index (χ4v) is 4.51. The molecule has 2 aromatic heterocycles. The first-order valence-corrected chi connectivity index (χ1v) is 11.8. The molecule has 0 fully saturated rings. The van der Waals surface area contributed by atoms with Crippen LogP contribution in [-0.4, -0.2) is 0 Å². The third-order valence-electron chi connectivity index (χ3n) is 6.40. The number of hydrogen-bond acceptors (Lipinski definition) is 2. The molecule has 0 aliphatic heterocycles.